The van der Waals surface area contributed by atoms with Gasteiger partial charge in [0, 0.05) is 5.56 Å². The predicted molar refractivity (Wildman–Crippen MR) is 211 cm³/mol. The standard InChI is InChI=1S/C48H36O/c1-4-41-42(5-2)48(40-26-27-49-46-31-38-19-13-12-18-37(38)29-44(46)32(3)28-40)43-25-24-39(34-16-10-7-11-17-34)30-45(43)47(41)36-22-20-35(21-23-36)33-14-8-6-9-15-33/h4-12,14-18,20-31H,1-3,13,19H2/b27-26-,40-28+. The second-order valence-corrected chi connectivity index (χ2v) is 12.6. The lowest BCUT2D eigenvalue weighted by molar-refractivity contribution is 0.479. The number of fused-ring (bicyclic) bond motifs is 3. The first kappa shape index (κ1) is 30.2. The molecule has 0 aromatic heterocycles. The third-order valence-corrected chi connectivity index (χ3v) is 9.71. The molecular formula is C48H36O. The van der Waals surface area contributed by atoms with Gasteiger partial charge in [-0.25, -0.2) is 0 Å². The summed E-state index contributed by atoms with van der Waals surface area (Å²) in [4.78, 5) is 0. The van der Waals surface area contributed by atoms with E-state index in [1.54, 1.807) is 0 Å². The smallest absolute Gasteiger partial charge is 0.134 e. The highest BCUT2D eigenvalue weighted by atomic mass is 16.5. The third kappa shape index (κ3) is 5.50. The summed E-state index contributed by atoms with van der Waals surface area (Å²) in [6.45, 7) is 13.2. The quantitative estimate of drug-likeness (QED) is 0.178. The Morgan fingerprint density at radius 3 is 1.94 bits per heavy atom. The summed E-state index contributed by atoms with van der Waals surface area (Å²) >= 11 is 0. The zero-order valence-corrected chi connectivity index (χ0v) is 27.5. The molecule has 234 valence electrons. The Hall–Kier alpha value is -6.18. The highest BCUT2D eigenvalue weighted by Gasteiger charge is 2.22. The maximum absolute atomic E-state index is 6.32. The molecule has 0 amide bonds. The van der Waals surface area contributed by atoms with Crippen LogP contribution in [-0.4, -0.2) is 0 Å². The van der Waals surface area contributed by atoms with Gasteiger partial charge in [-0.05, 0) is 126 Å². The van der Waals surface area contributed by atoms with E-state index in [-0.39, 0.29) is 0 Å². The Bertz CT molecular complexity index is 2370. The van der Waals surface area contributed by atoms with Crippen LogP contribution in [0.15, 0.2) is 159 Å². The molecule has 1 heteroatoms. The van der Waals surface area contributed by atoms with Crippen molar-refractivity contribution in [2.45, 2.75) is 12.8 Å². The van der Waals surface area contributed by atoms with Crippen LogP contribution >= 0.6 is 0 Å². The van der Waals surface area contributed by atoms with E-state index < -0.39 is 0 Å². The summed E-state index contributed by atoms with van der Waals surface area (Å²) < 4.78 is 6.32. The van der Waals surface area contributed by atoms with Crippen molar-refractivity contribution < 1.29 is 4.74 Å². The molecule has 2 aliphatic rings. The average Bonchev–Trinajstić information content (AvgIpc) is 3.16. The van der Waals surface area contributed by atoms with Gasteiger partial charge in [0.05, 0.1) is 6.26 Å². The summed E-state index contributed by atoms with van der Waals surface area (Å²) in [5.74, 6) is 0.841. The minimum atomic E-state index is 0.841. The van der Waals surface area contributed by atoms with Crippen LogP contribution in [-0.2, 0) is 6.42 Å². The van der Waals surface area contributed by atoms with Crippen molar-refractivity contribution in [2.75, 3.05) is 0 Å². The Morgan fingerprint density at radius 1 is 0.592 bits per heavy atom. The van der Waals surface area contributed by atoms with Gasteiger partial charge in [0.1, 0.15) is 5.75 Å². The molecule has 1 aliphatic heterocycles. The molecule has 1 heterocycles. The number of aryl methyl sites for hydroxylation is 1. The maximum atomic E-state index is 6.32. The molecule has 0 radical (unpaired) electrons. The van der Waals surface area contributed by atoms with Crippen LogP contribution in [0.2, 0.25) is 0 Å². The Kier molecular flexibility index (Phi) is 7.87. The molecule has 1 aliphatic carbocycles. The lowest BCUT2D eigenvalue weighted by Crippen LogP contribution is -2.02. The van der Waals surface area contributed by atoms with Crippen molar-refractivity contribution in [1.82, 2.24) is 0 Å². The largest absolute Gasteiger partial charge is 0.464 e. The molecule has 0 unspecified atom stereocenters. The first-order valence-corrected chi connectivity index (χ1v) is 16.8. The molecule has 0 bridgehead atoms. The van der Waals surface area contributed by atoms with Crippen LogP contribution < -0.4 is 4.74 Å². The average molecular weight is 629 g/mol. The van der Waals surface area contributed by atoms with Crippen LogP contribution in [0.5, 0.6) is 5.75 Å². The van der Waals surface area contributed by atoms with E-state index in [1.807, 2.05) is 24.5 Å². The molecule has 6 aromatic carbocycles. The van der Waals surface area contributed by atoms with E-state index in [4.69, 9.17) is 4.74 Å². The molecule has 6 aromatic rings. The van der Waals surface area contributed by atoms with Crippen LogP contribution in [0.3, 0.4) is 0 Å². The zero-order chi connectivity index (χ0) is 33.3. The van der Waals surface area contributed by atoms with E-state index in [9.17, 15) is 0 Å². The van der Waals surface area contributed by atoms with Crippen LogP contribution in [0, 0.1) is 0 Å². The lowest BCUT2D eigenvalue weighted by Gasteiger charge is -2.23. The molecule has 0 N–H and O–H groups in total. The highest BCUT2D eigenvalue weighted by molar-refractivity contribution is 6.12. The summed E-state index contributed by atoms with van der Waals surface area (Å²) in [5.41, 5.74) is 15.6. The topological polar surface area (TPSA) is 9.23 Å². The molecule has 49 heavy (non-hydrogen) atoms. The van der Waals surface area contributed by atoms with Crippen LogP contribution in [0.4, 0.5) is 0 Å². The summed E-state index contributed by atoms with van der Waals surface area (Å²) in [5, 5.41) is 2.27. The number of hydrogen-bond donors (Lipinski definition) is 0. The fourth-order valence-corrected chi connectivity index (χ4v) is 7.30. The van der Waals surface area contributed by atoms with Crippen molar-refractivity contribution >= 4 is 40.1 Å². The zero-order valence-electron chi connectivity index (χ0n) is 27.5. The normalized spacial score (nSPS) is 15.2. The second-order valence-electron chi connectivity index (χ2n) is 12.6. The van der Waals surface area contributed by atoms with E-state index >= 15 is 0 Å². The lowest BCUT2D eigenvalue weighted by atomic mass is 9.81. The van der Waals surface area contributed by atoms with Gasteiger partial charge >= 0.3 is 0 Å². The Balaban J connectivity index is 1.36. The molecule has 0 atom stereocenters. The van der Waals surface area contributed by atoms with Crippen molar-refractivity contribution in [1.29, 1.82) is 0 Å². The van der Waals surface area contributed by atoms with Gasteiger partial charge in [-0.15, -0.1) is 0 Å². The third-order valence-electron chi connectivity index (χ3n) is 9.71. The summed E-state index contributed by atoms with van der Waals surface area (Å²) in [6.07, 6.45) is 16.5. The van der Waals surface area contributed by atoms with Crippen molar-refractivity contribution in [3.05, 3.63) is 193 Å². The van der Waals surface area contributed by atoms with Crippen LogP contribution in [0.1, 0.15) is 39.8 Å². The predicted octanol–water partition coefficient (Wildman–Crippen LogP) is 13.1. The number of rotatable bonds is 6. The van der Waals surface area contributed by atoms with Crippen molar-refractivity contribution in [3.8, 4) is 39.1 Å². The molecule has 0 saturated carbocycles. The minimum absolute atomic E-state index is 0.841. The van der Waals surface area contributed by atoms with Gasteiger partial charge in [-0.2, -0.15) is 0 Å². The van der Waals surface area contributed by atoms with E-state index in [2.05, 4.69) is 153 Å². The molecular weight excluding hydrogens is 593 g/mol. The van der Waals surface area contributed by atoms with Gasteiger partial charge in [0.2, 0.25) is 0 Å². The second kappa shape index (κ2) is 12.8. The minimum Gasteiger partial charge on any atom is -0.464 e. The highest BCUT2D eigenvalue weighted by Crippen LogP contribution is 2.45. The molecule has 0 fully saturated rings. The summed E-state index contributed by atoms with van der Waals surface area (Å²) in [7, 11) is 0. The fourth-order valence-electron chi connectivity index (χ4n) is 7.30. The SMILES string of the molecule is C=Cc1c(C=C)c(-c2ccc(-c3ccccc3)cc2)c2cc(-c3ccccc3)ccc2c1C1=C/C(=C)c2cc3c(cc2O/C=C\1)CCC=C3. The Labute approximate surface area is 288 Å². The first-order valence-electron chi connectivity index (χ1n) is 16.8. The molecule has 1 nitrogen and oxygen atoms in total. The van der Waals surface area contributed by atoms with Gasteiger partial charge in [-0.3, -0.25) is 0 Å². The van der Waals surface area contributed by atoms with E-state index in [1.165, 1.54) is 27.8 Å². The number of benzene rings is 6. The first-order chi connectivity index (χ1) is 24.1. The molecule has 8 rings (SSSR count). The number of ether oxygens (including phenoxy) is 1. The molecule has 0 spiro atoms. The van der Waals surface area contributed by atoms with Gasteiger partial charge in [-0.1, -0.05) is 141 Å². The fraction of sp³-hybridized carbons (Fsp3) is 0.0417. The summed E-state index contributed by atoms with van der Waals surface area (Å²) in [6, 6.07) is 41.1. The number of hydrogen-bond acceptors (Lipinski definition) is 1. The van der Waals surface area contributed by atoms with Gasteiger partial charge in [0.25, 0.3) is 0 Å². The molecule has 0 saturated heterocycles. The van der Waals surface area contributed by atoms with E-state index in [0.29, 0.717) is 0 Å². The Morgan fingerprint density at radius 2 is 1.22 bits per heavy atom. The van der Waals surface area contributed by atoms with Crippen molar-refractivity contribution in [3.63, 3.8) is 0 Å². The monoisotopic (exact) mass is 628 g/mol. The van der Waals surface area contributed by atoms with Gasteiger partial charge in [0.15, 0.2) is 0 Å². The van der Waals surface area contributed by atoms with Crippen LogP contribution in [0.25, 0.3) is 73.5 Å². The van der Waals surface area contributed by atoms with Gasteiger partial charge < -0.3 is 4.74 Å². The van der Waals surface area contributed by atoms with Crippen molar-refractivity contribution in [2.24, 2.45) is 0 Å². The maximum Gasteiger partial charge on any atom is 0.134 e. The van der Waals surface area contributed by atoms with E-state index in [0.717, 1.165) is 79.5 Å². The number of allylic oxidation sites excluding steroid dienone is 5.